The highest BCUT2D eigenvalue weighted by Crippen LogP contribution is 2.38. The van der Waals surface area contributed by atoms with Crippen molar-refractivity contribution in [3.63, 3.8) is 0 Å². The molecule has 0 aromatic heterocycles. The third-order valence-electron chi connectivity index (χ3n) is 3.36. The van der Waals surface area contributed by atoms with E-state index in [1.54, 1.807) is 14.2 Å². The Morgan fingerprint density at radius 1 is 1.18 bits per heavy atom. The number of ether oxygens (including phenoxy) is 2. The Balaban J connectivity index is 2.26. The minimum atomic E-state index is 0.828. The van der Waals surface area contributed by atoms with E-state index in [1.807, 2.05) is 0 Å². The molecule has 1 heterocycles. The number of methoxy groups -OCH3 is 2. The fraction of sp³-hybridized carbons (Fsp3) is 0.571. The van der Waals surface area contributed by atoms with E-state index in [4.69, 9.17) is 9.47 Å². The van der Waals surface area contributed by atoms with E-state index in [1.165, 1.54) is 24.1 Å². The minimum absolute atomic E-state index is 0.828. The van der Waals surface area contributed by atoms with E-state index in [-0.39, 0.29) is 0 Å². The van der Waals surface area contributed by atoms with Crippen molar-refractivity contribution in [1.29, 1.82) is 0 Å². The monoisotopic (exact) mass is 235 g/mol. The zero-order chi connectivity index (χ0) is 12.3. The second-order valence-corrected chi connectivity index (χ2v) is 4.43. The number of hydrogen-bond acceptors (Lipinski definition) is 3. The number of rotatable bonds is 5. The molecule has 1 aliphatic heterocycles. The molecule has 1 aliphatic rings. The Kier molecular flexibility index (Phi) is 3.77. The first kappa shape index (κ1) is 12.1. The average molecular weight is 235 g/mol. The first-order valence-electron chi connectivity index (χ1n) is 6.30. The summed E-state index contributed by atoms with van der Waals surface area (Å²) in [4.78, 5) is 2.45. The number of benzene rings is 1. The van der Waals surface area contributed by atoms with Gasteiger partial charge in [0.05, 0.1) is 14.2 Å². The summed E-state index contributed by atoms with van der Waals surface area (Å²) in [6.07, 6.45) is 3.59. The lowest BCUT2D eigenvalue weighted by Gasteiger charge is -2.20. The van der Waals surface area contributed by atoms with Crippen molar-refractivity contribution < 1.29 is 9.47 Å². The molecule has 0 aliphatic carbocycles. The van der Waals surface area contributed by atoms with E-state index >= 15 is 0 Å². The van der Waals surface area contributed by atoms with Gasteiger partial charge in [0.1, 0.15) is 0 Å². The molecule has 0 saturated heterocycles. The van der Waals surface area contributed by atoms with E-state index in [2.05, 4.69) is 24.0 Å². The predicted molar refractivity (Wildman–Crippen MR) is 70.4 cm³/mol. The molecule has 1 aromatic rings. The van der Waals surface area contributed by atoms with Crippen LogP contribution in [0, 0.1) is 0 Å². The summed E-state index contributed by atoms with van der Waals surface area (Å²) in [5, 5.41) is 0. The largest absolute Gasteiger partial charge is 0.493 e. The predicted octanol–water partition coefficient (Wildman–Crippen LogP) is 2.87. The van der Waals surface area contributed by atoms with Crippen molar-refractivity contribution in [2.75, 3.05) is 32.2 Å². The maximum Gasteiger partial charge on any atom is 0.162 e. The lowest BCUT2D eigenvalue weighted by Crippen LogP contribution is -2.21. The number of unbranched alkanes of at least 4 members (excludes halogenated alkanes) is 1. The number of hydrogen-bond donors (Lipinski definition) is 0. The maximum absolute atomic E-state index is 5.36. The second-order valence-electron chi connectivity index (χ2n) is 4.43. The molecule has 0 radical (unpaired) electrons. The third-order valence-corrected chi connectivity index (χ3v) is 3.36. The summed E-state index contributed by atoms with van der Waals surface area (Å²) in [5.41, 5.74) is 2.69. The highest BCUT2D eigenvalue weighted by molar-refractivity contribution is 5.65. The molecule has 0 saturated carbocycles. The summed E-state index contributed by atoms with van der Waals surface area (Å²) < 4.78 is 10.7. The van der Waals surface area contributed by atoms with Gasteiger partial charge in [0.2, 0.25) is 0 Å². The van der Waals surface area contributed by atoms with Crippen LogP contribution in [0.3, 0.4) is 0 Å². The molecule has 0 unspecified atom stereocenters. The molecule has 94 valence electrons. The van der Waals surface area contributed by atoms with Crippen LogP contribution in [0.2, 0.25) is 0 Å². The van der Waals surface area contributed by atoms with Crippen LogP contribution in [0.4, 0.5) is 5.69 Å². The van der Waals surface area contributed by atoms with Crippen molar-refractivity contribution in [2.45, 2.75) is 26.2 Å². The van der Waals surface area contributed by atoms with Gasteiger partial charge in [-0.3, -0.25) is 0 Å². The molecule has 0 N–H and O–H groups in total. The van der Waals surface area contributed by atoms with Crippen molar-refractivity contribution in [3.8, 4) is 11.5 Å². The third kappa shape index (κ3) is 2.33. The minimum Gasteiger partial charge on any atom is -0.493 e. The van der Waals surface area contributed by atoms with Gasteiger partial charge in [0, 0.05) is 24.8 Å². The van der Waals surface area contributed by atoms with Crippen molar-refractivity contribution >= 4 is 5.69 Å². The van der Waals surface area contributed by atoms with Gasteiger partial charge < -0.3 is 14.4 Å². The molecule has 0 fully saturated rings. The van der Waals surface area contributed by atoms with Crippen LogP contribution in [-0.4, -0.2) is 27.3 Å². The van der Waals surface area contributed by atoms with Crippen molar-refractivity contribution in [3.05, 3.63) is 17.7 Å². The first-order chi connectivity index (χ1) is 8.30. The molecule has 1 aromatic carbocycles. The molecule has 0 atom stereocenters. The summed E-state index contributed by atoms with van der Waals surface area (Å²) in [5.74, 6) is 1.67. The Morgan fingerprint density at radius 2 is 1.88 bits per heavy atom. The van der Waals surface area contributed by atoms with Gasteiger partial charge in [-0.2, -0.15) is 0 Å². The smallest absolute Gasteiger partial charge is 0.162 e. The molecule has 2 rings (SSSR count). The molecule has 3 nitrogen and oxygen atoms in total. The van der Waals surface area contributed by atoms with E-state index < -0.39 is 0 Å². The molecule has 3 heteroatoms. The van der Waals surface area contributed by atoms with Gasteiger partial charge in [-0.15, -0.1) is 0 Å². The van der Waals surface area contributed by atoms with E-state index in [9.17, 15) is 0 Å². The Bertz CT molecular complexity index is 390. The molecular formula is C14H21NO2. The highest BCUT2D eigenvalue weighted by atomic mass is 16.5. The zero-order valence-corrected chi connectivity index (χ0v) is 11.0. The lowest BCUT2D eigenvalue weighted by molar-refractivity contribution is 0.355. The number of nitrogens with zero attached hydrogens (tertiary/aromatic N) is 1. The molecule has 0 spiro atoms. The Labute approximate surface area is 103 Å². The lowest BCUT2D eigenvalue weighted by atomic mass is 10.1. The summed E-state index contributed by atoms with van der Waals surface area (Å²) >= 11 is 0. The maximum atomic E-state index is 5.36. The average Bonchev–Trinajstić information content (AvgIpc) is 2.76. The van der Waals surface area contributed by atoms with Crippen LogP contribution in [-0.2, 0) is 6.42 Å². The van der Waals surface area contributed by atoms with Crippen LogP contribution in [0.5, 0.6) is 11.5 Å². The fourth-order valence-electron chi connectivity index (χ4n) is 2.36. The zero-order valence-electron chi connectivity index (χ0n) is 11.0. The quantitative estimate of drug-likeness (QED) is 0.783. The van der Waals surface area contributed by atoms with Crippen LogP contribution in [0.15, 0.2) is 12.1 Å². The van der Waals surface area contributed by atoms with Crippen molar-refractivity contribution in [2.24, 2.45) is 0 Å². The summed E-state index contributed by atoms with van der Waals surface area (Å²) in [6.45, 7) is 4.48. The van der Waals surface area contributed by atoms with Crippen LogP contribution in [0.25, 0.3) is 0 Å². The standard InChI is InChI=1S/C14H21NO2/c1-4-5-7-15-8-6-11-9-13(16-2)14(17-3)10-12(11)15/h9-10H,4-8H2,1-3H3. The van der Waals surface area contributed by atoms with Gasteiger partial charge in [0.15, 0.2) is 11.5 Å². The Morgan fingerprint density at radius 3 is 2.53 bits per heavy atom. The Hall–Kier alpha value is -1.38. The highest BCUT2D eigenvalue weighted by Gasteiger charge is 2.21. The van der Waals surface area contributed by atoms with E-state index in [0.717, 1.165) is 31.0 Å². The van der Waals surface area contributed by atoms with Crippen LogP contribution >= 0.6 is 0 Å². The second kappa shape index (κ2) is 5.30. The molecule has 17 heavy (non-hydrogen) atoms. The van der Waals surface area contributed by atoms with Gasteiger partial charge in [-0.1, -0.05) is 13.3 Å². The first-order valence-corrected chi connectivity index (χ1v) is 6.30. The number of fused-ring (bicyclic) bond motifs is 1. The van der Waals surface area contributed by atoms with Crippen LogP contribution < -0.4 is 14.4 Å². The van der Waals surface area contributed by atoms with Gasteiger partial charge >= 0.3 is 0 Å². The van der Waals surface area contributed by atoms with Crippen LogP contribution in [0.1, 0.15) is 25.3 Å². The van der Waals surface area contributed by atoms with Gasteiger partial charge in [-0.05, 0) is 24.5 Å². The van der Waals surface area contributed by atoms with Gasteiger partial charge in [0.25, 0.3) is 0 Å². The molecule has 0 amide bonds. The molecular weight excluding hydrogens is 214 g/mol. The number of anilines is 1. The normalized spacial score (nSPS) is 13.7. The van der Waals surface area contributed by atoms with Gasteiger partial charge in [-0.25, -0.2) is 0 Å². The fourth-order valence-corrected chi connectivity index (χ4v) is 2.36. The van der Waals surface area contributed by atoms with Crippen molar-refractivity contribution in [1.82, 2.24) is 0 Å². The summed E-state index contributed by atoms with van der Waals surface area (Å²) in [7, 11) is 3.38. The topological polar surface area (TPSA) is 21.7 Å². The SMILES string of the molecule is CCCCN1CCc2cc(OC)c(OC)cc21. The molecule has 0 bridgehead atoms. The van der Waals surface area contributed by atoms with E-state index in [0.29, 0.717) is 0 Å². The summed E-state index contributed by atoms with van der Waals surface area (Å²) in [6, 6.07) is 4.22.